The Labute approximate surface area is 124 Å². The number of thiophene rings is 1. The Bertz CT molecular complexity index is 538. The van der Waals surface area contributed by atoms with Crippen LogP contribution in [0.4, 0.5) is 4.79 Å². The van der Waals surface area contributed by atoms with Crippen molar-refractivity contribution in [2.45, 2.75) is 32.7 Å². The minimum atomic E-state index is -2.95. The van der Waals surface area contributed by atoms with Gasteiger partial charge in [0.05, 0.1) is 5.75 Å². The number of rotatable bonds is 7. The van der Waals surface area contributed by atoms with E-state index >= 15 is 0 Å². The van der Waals surface area contributed by atoms with E-state index in [1.165, 1.54) is 16.0 Å². The molecule has 1 rings (SSSR count). The number of aryl methyl sites for hydroxylation is 1. The molecule has 0 saturated heterocycles. The lowest BCUT2D eigenvalue weighted by atomic mass is 10.2. The maximum Gasteiger partial charge on any atom is 0.315 e. The summed E-state index contributed by atoms with van der Waals surface area (Å²) in [6.07, 6.45) is 2.43. The number of amides is 2. The van der Waals surface area contributed by atoms with Crippen molar-refractivity contribution in [3.05, 3.63) is 21.9 Å². The van der Waals surface area contributed by atoms with Crippen LogP contribution < -0.4 is 10.6 Å². The summed E-state index contributed by atoms with van der Waals surface area (Å²) < 4.78 is 21.9. The van der Waals surface area contributed by atoms with Gasteiger partial charge < -0.3 is 10.6 Å². The molecule has 1 atom stereocenters. The maximum absolute atomic E-state index is 11.6. The van der Waals surface area contributed by atoms with Crippen LogP contribution in [0.5, 0.6) is 0 Å². The van der Waals surface area contributed by atoms with Gasteiger partial charge >= 0.3 is 6.03 Å². The minimum absolute atomic E-state index is 0.0444. The Morgan fingerprint density at radius 3 is 2.65 bits per heavy atom. The molecule has 0 radical (unpaired) electrons. The van der Waals surface area contributed by atoms with Gasteiger partial charge in [-0.1, -0.05) is 0 Å². The van der Waals surface area contributed by atoms with E-state index in [1.54, 1.807) is 11.3 Å². The Morgan fingerprint density at radius 2 is 2.10 bits per heavy atom. The molecule has 7 heteroatoms. The number of sulfone groups is 1. The molecule has 0 aliphatic heterocycles. The fraction of sp³-hybridized carbons (Fsp3) is 0.615. The molecule has 0 fully saturated rings. The predicted molar refractivity (Wildman–Crippen MR) is 83.1 cm³/mol. The molecule has 20 heavy (non-hydrogen) atoms. The number of hydrogen-bond acceptors (Lipinski definition) is 4. The van der Waals surface area contributed by atoms with E-state index in [0.717, 1.165) is 6.42 Å². The van der Waals surface area contributed by atoms with Crippen LogP contribution in [0, 0.1) is 6.92 Å². The van der Waals surface area contributed by atoms with Crippen LogP contribution >= 0.6 is 11.3 Å². The maximum atomic E-state index is 11.6. The third-order valence-corrected chi connectivity index (χ3v) is 4.71. The van der Waals surface area contributed by atoms with Crippen molar-refractivity contribution in [2.24, 2.45) is 0 Å². The van der Waals surface area contributed by atoms with Gasteiger partial charge in [0.15, 0.2) is 0 Å². The average Bonchev–Trinajstić information content (AvgIpc) is 2.68. The normalized spacial score (nSPS) is 12.9. The zero-order valence-corrected chi connectivity index (χ0v) is 13.7. The molecule has 114 valence electrons. The molecular weight excluding hydrogens is 296 g/mol. The van der Waals surface area contributed by atoms with Gasteiger partial charge in [0, 0.05) is 35.0 Å². The Morgan fingerprint density at radius 1 is 1.40 bits per heavy atom. The lowest BCUT2D eigenvalue weighted by Crippen LogP contribution is -2.42. The fourth-order valence-electron chi connectivity index (χ4n) is 1.76. The van der Waals surface area contributed by atoms with Gasteiger partial charge in [-0.25, -0.2) is 13.2 Å². The van der Waals surface area contributed by atoms with Gasteiger partial charge in [0.1, 0.15) is 9.84 Å². The average molecular weight is 318 g/mol. The summed E-state index contributed by atoms with van der Waals surface area (Å²) in [6.45, 7) is 4.37. The zero-order valence-electron chi connectivity index (χ0n) is 12.1. The van der Waals surface area contributed by atoms with E-state index < -0.39 is 9.84 Å². The number of carbonyl (C=O) groups is 1. The molecule has 0 saturated carbocycles. The second kappa shape index (κ2) is 7.64. The van der Waals surface area contributed by atoms with E-state index in [9.17, 15) is 13.2 Å². The second-order valence-corrected chi connectivity index (χ2v) is 8.63. The highest BCUT2D eigenvalue weighted by molar-refractivity contribution is 7.90. The van der Waals surface area contributed by atoms with Crippen LogP contribution in [0.3, 0.4) is 0 Å². The van der Waals surface area contributed by atoms with Crippen molar-refractivity contribution in [3.63, 3.8) is 0 Å². The summed E-state index contributed by atoms with van der Waals surface area (Å²) in [5.74, 6) is 0.0945. The third kappa shape index (κ3) is 7.49. The van der Waals surface area contributed by atoms with E-state index in [2.05, 4.69) is 29.7 Å². The van der Waals surface area contributed by atoms with Gasteiger partial charge in [-0.05, 0) is 32.4 Å². The molecule has 2 amide bonds. The first-order valence-corrected chi connectivity index (χ1v) is 9.41. The van der Waals surface area contributed by atoms with Gasteiger partial charge in [-0.2, -0.15) is 0 Å². The summed E-state index contributed by atoms with van der Waals surface area (Å²) in [5, 5.41) is 5.51. The standard InChI is InChI=1S/C13H22N2O3S2/c1-10(9-12-6-5-11(2)19-12)15-13(16)14-7-4-8-20(3,17)18/h5-6,10H,4,7-9H2,1-3H3,(H2,14,15,16)/t10-/m1/s1. The van der Waals surface area contributed by atoms with Crippen molar-refractivity contribution < 1.29 is 13.2 Å². The summed E-state index contributed by atoms with van der Waals surface area (Å²) in [4.78, 5) is 14.1. The summed E-state index contributed by atoms with van der Waals surface area (Å²) >= 11 is 1.73. The number of hydrogen-bond donors (Lipinski definition) is 2. The minimum Gasteiger partial charge on any atom is -0.338 e. The zero-order chi connectivity index (χ0) is 15.2. The van der Waals surface area contributed by atoms with E-state index in [-0.39, 0.29) is 17.8 Å². The molecule has 0 bridgehead atoms. The van der Waals surface area contributed by atoms with Crippen LogP contribution in [0.25, 0.3) is 0 Å². The van der Waals surface area contributed by atoms with Crippen molar-refractivity contribution in [2.75, 3.05) is 18.6 Å². The third-order valence-electron chi connectivity index (χ3n) is 2.66. The number of nitrogens with one attached hydrogen (secondary N) is 2. The quantitative estimate of drug-likeness (QED) is 0.752. The molecule has 0 aliphatic rings. The van der Waals surface area contributed by atoms with Crippen LogP contribution in [0.1, 0.15) is 23.1 Å². The highest BCUT2D eigenvalue weighted by Gasteiger charge is 2.09. The lowest BCUT2D eigenvalue weighted by molar-refractivity contribution is 0.238. The molecule has 1 aromatic heterocycles. The summed E-state index contributed by atoms with van der Waals surface area (Å²) in [7, 11) is -2.95. The highest BCUT2D eigenvalue weighted by Crippen LogP contribution is 2.16. The van der Waals surface area contributed by atoms with Crippen LogP contribution in [-0.4, -0.2) is 39.0 Å². The molecule has 1 heterocycles. The van der Waals surface area contributed by atoms with Crippen LogP contribution in [0.2, 0.25) is 0 Å². The van der Waals surface area contributed by atoms with E-state index in [4.69, 9.17) is 0 Å². The monoisotopic (exact) mass is 318 g/mol. The van der Waals surface area contributed by atoms with Crippen molar-refractivity contribution >= 4 is 27.2 Å². The van der Waals surface area contributed by atoms with E-state index in [0.29, 0.717) is 13.0 Å². The Hall–Kier alpha value is -1.08. The molecule has 0 unspecified atom stereocenters. The first-order chi connectivity index (χ1) is 9.26. The van der Waals surface area contributed by atoms with Crippen molar-refractivity contribution in [1.29, 1.82) is 0 Å². The van der Waals surface area contributed by atoms with Crippen molar-refractivity contribution in [3.8, 4) is 0 Å². The SMILES string of the molecule is Cc1ccc(C[C@@H](C)NC(=O)NCCCS(C)(=O)=O)s1. The molecule has 0 aromatic carbocycles. The molecule has 0 aliphatic carbocycles. The van der Waals surface area contributed by atoms with Crippen LogP contribution in [0.15, 0.2) is 12.1 Å². The Kier molecular flexibility index (Phi) is 6.48. The summed E-state index contributed by atoms with van der Waals surface area (Å²) in [6, 6.07) is 3.93. The van der Waals surface area contributed by atoms with Crippen molar-refractivity contribution in [1.82, 2.24) is 10.6 Å². The molecule has 0 spiro atoms. The largest absolute Gasteiger partial charge is 0.338 e. The second-order valence-electron chi connectivity index (χ2n) is 5.00. The first-order valence-electron chi connectivity index (χ1n) is 6.53. The fourth-order valence-corrected chi connectivity index (χ4v) is 3.45. The number of carbonyl (C=O) groups excluding carboxylic acids is 1. The summed E-state index contributed by atoms with van der Waals surface area (Å²) in [5.41, 5.74) is 0. The van der Waals surface area contributed by atoms with E-state index in [1.807, 2.05) is 6.92 Å². The lowest BCUT2D eigenvalue weighted by Gasteiger charge is -2.13. The van der Waals surface area contributed by atoms with Gasteiger partial charge in [0.2, 0.25) is 0 Å². The molecular formula is C13H22N2O3S2. The van der Waals surface area contributed by atoms with Gasteiger partial charge in [-0.3, -0.25) is 0 Å². The smallest absolute Gasteiger partial charge is 0.315 e. The molecule has 1 aromatic rings. The number of urea groups is 1. The first kappa shape index (κ1) is 17.0. The molecule has 2 N–H and O–H groups in total. The van der Waals surface area contributed by atoms with Crippen LogP contribution in [-0.2, 0) is 16.3 Å². The van der Waals surface area contributed by atoms with Gasteiger partial charge in [0.25, 0.3) is 0 Å². The molecule has 5 nitrogen and oxygen atoms in total. The predicted octanol–water partition coefficient (Wildman–Crippen LogP) is 1.72. The highest BCUT2D eigenvalue weighted by atomic mass is 32.2. The van der Waals surface area contributed by atoms with Gasteiger partial charge in [-0.15, -0.1) is 11.3 Å². The Balaban J connectivity index is 2.21. The topological polar surface area (TPSA) is 75.3 Å².